The second-order valence-corrected chi connectivity index (χ2v) is 8.58. The lowest BCUT2D eigenvalue weighted by atomic mass is 9.93. The van der Waals surface area contributed by atoms with Gasteiger partial charge in [-0.2, -0.15) is 0 Å². The highest BCUT2D eigenvalue weighted by Crippen LogP contribution is 2.25. The molecule has 0 aliphatic carbocycles. The van der Waals surface area contributed by atoms with Crippen molar-refractivity contribution < 1.29 is 23.9 Å². The fourth-order valence-corrected chi connectivity index (χ4v) is 3.90. The molecule has 7 nitrogen and oxygen atoms in total. The summed E-state index contributed by atoms with van der Waals surface area (Å²) in [5, 5.41) is 2.70. The van der Waals surface area contributed by atoms with Crippen LogP contribution in [0, 0.1) is 0 Å². The molecule has 0 bridgehead atoms. The molecule has 0 radical (unpaired) electrons. The Morgan fingerprint density at radius 1 is 1.12 bits per heavy atom. The molecular formula is C24H25BrN2O5. The van der Waals surface area contributed by atoms with Crippen molar-refractivity contribution in [1.82, 2.24) is 10.2 Å². The third-order valence-electron chi connectivity index (χ3n) is 5.22. The van der Waals surface area contributed by atoms with Crippen LogP contribution in [0.4, 0.5) is 4.79 Å². The van der Waals surface area contributed by atoms with Gasteiger partial charge in [-0.15, -0.1) is 0 Å². The number of methoxy groups -OCH3 is 1. The molecule has 2 aromatic rings. The molecule has 2 amide bonds. The maximum Gasteiger partial charge on any atom is 0.411 e. The van der Waals surface area contributed by atoms with E-state index in [1.54, 1.807) is 0 Å². The summed E-state index contributed by atoms with van der Waals surface area (Å²) in [5.41, 5.74) is 2.77. The zero-order chi connectivity index (χ0) is 23.1. The van der Waals surface area contributed by atoms with Gasteiger partial charge in [-0.25, -0.2) is 9.59 Å². The maximum absolute atomic E-state index is 13.2. The van der Waals surface area contributed by atoms with E-state index in [0.29, 0.717) is 10.9 Å². The SMILES string of the molecule is C=C(Br)C[C@@H](NC(=O)[C@@H]1Cc2ccccc2CN1C(=O)OCc1ccccc1)C(=O)OC. The van der Waals surface area contributed by atoms with Gasteiger partial charge < -0.3 is 14.8 Å². The molecule has 2 atom stereocenters. The molecule has 168 valence electrons. The van der Waals surface area contributed by atoms with Crippen molar-refractivity contribution in [3.63, 3.8) is 0 Å². The van der Waals surface area contributed by atoms with Gasteiger partial charge >= 0.3 is 12.1 Å². The third kappa shape index (κ3) is 5.97. The molecule has 1 heterocycles. The fourth-order valence-electron chi connectivity index (χ4n) is 3.58. The van der Waals surface area contributed by atoms with Crippen molar-refractivity contribution in [1.29, 1.82) is 0 Å². The van der Waals surface area contributed by atoms with Crippen LogP contribution < -0.4 is 5.32 Å². The molecule has 32 heavy (non-hydrogen) atoms. The standard InChI is InChI=1S/C24H25BrN2O5/c1-16(25)12-20(23(29)31-2)26-22(28)21-13-18-10-6-7-11-19(18)14-27(21)24(30)32-15-17-8-4-3-5-9-17/h3-11,20-21H,1,12-15H2,2H3,(H,26,28)/t20-,21+/m1/s1. The van der Waals surface area contributed by atoms with Crippen LogP contribution in [0.2, 0.25) is 0 Å². The number of carbonyl (C=O) groups is 3. The van der Waals surface area contributed by atoms with Gasteiger partial charge in [0.15, 0.2) is 0 Å². The Morgan fingerprint density at radius 2 is 1.78 bits per heavy atom. The number of rotatable bonds is 7. The van der Waals surface area contributed by atoms with E-state index in [0.717, 1.165) is 16.7 Å². The van der Waals surface area contributed by atoms with Gasteiger partial charge in [-0.3, -0.25) is 9.69 Å². The summed E-state index contributed by atoms with van der Waals surface area (Å²) in [6.07, 6.45) is -0.116. The van der Waals surface area contributed by atoms with Crippen LogP contribution in [-0.2, 0) is 38.6 Å². The van der Waals surface area contributed by atoms with Gasteiger partial charge in [-0.1, -0.05) is 77.1 Å². The lowest BCUT2D eigenvalue weighted by molar-refractivity contribution is -0.145. The van der Waals surface area contributed by atoms with Crippen molar-refractivity contribution in [2.24, 2.45) is 0 Å². The average molecular weight is 501 g/mol. The Balaban J connectivity index is 1.79. The second kappa shape index (κ2) is 10.9. The zero-order valence-electron chi connectivity index (χ0n) is 17.8. The van der Waals surface area contributed by atoms with E-state index in [-0.39, 0.29) is 19.6 Å². The highest BCUT2D eigenvalue weighted by atomic mass is 79.9. The van der Waals surface area contributed by atoms with E-state index >= 15 is 0 Å². The van der Waals surface area contributed by atoms with Gasteiger partial charge in [-0.05, 0) is 21.2 Å². The molecule has 0 fully saturated rings. The van der Waals surface area contributed by atoms with Gasteiger partial charge in [0.2, 0.25) is 5.91 Å². The first kappa shape index (κ1) is 23.5. The summed E-state index contributed by atoms with van der Waals surface area (Å²) >= 11 is 3.22. The van der Waals surface area contributed by atoms with E-state index in [2.05, 4.69) is 27.8 Å². The Bertz CT molecular complexity index is 995. The number of esters is 1. The molecule has 1 aliphatic rings. The second-order valence-electron chi connectivity index (χ2n) is 7.46. The molecular weight excluding hydrogens is 476 g/mol. The minimum absolute atomic E-state index is 0.0976. The monoisotopic (exact) mass is 500 g/mol. The van der Waals surface area contributed by atoms with E-state index < -0.39 is 30.1 Å². The summed E-state index contributed by atoms with van der Waals surface area (Å²) in [7, 11) is 1.25. The number of amides is 2. The number of nitrogens with one attached hydrogen (secondary N) is 1. The minimum Gasteiger partial charge on any atom is -0.467 e. The number of benzene rings is 2. The van der Waals surface area contributed by atoms with Crippen molar-refractivity contribution in [3.8, 4) is 0 Å². The normalized spacial score (nSPS) is 15.8. The Labute approximate surface area is 195 Å². The summed E-state index contributed by atoms with van der Waals surface area (Å²) in [6.45, 7) is 4.06. The van der Waals surface area contributed by atoms with Crippen LogP contribution in [-0.4, -0.2) is 42.1 Å². The Kier molecular flexibility index (Phi) is 8.05. The quantitative estimate of drug-likeness (QED) is 0.585. The van der Waals surface area contributed by atoms with Crippen molar-refractivity contribution in [3.05, 3.63) is 82.3 Å². The maximum atomic E-state index is 13.2. The van der Waals surface area contributed by atoms with Crippen LogP contribution in [0.3, 0.4) is 0 Å². The molecule has 0 spiro atoms. The van der Waals surface area contributed by atoms with Crippen LogP contribution in [0.25, 0.3) is 0 Å². The van der Waals surface area contributed by atoms with E-state index in [9.17, 15) is 14.4 Å². The summed E-state index contributed by atoms with van der Waals surface area (Å²) in [6, 6.07) is 15.2. The van der Waals surface area contributed by atoms with E-state index in [1.165, 1.54) is 12.0 Å². The van der Waals surface area contributed by atoms with Crippen LogP contribution in [0.15, 0.2) is 65.7 Å². The molecule has 1 N–H and O–H groups in total. The Hall–Kier alpha value is -3.13. The van der Waals surface area contributed by atoms with Crippen LogP contribution >= 0.6 is 15.9 Å². The van der Waals surface area contributed by atoms with Crippen molar-refractivity contribution in [2.75, 3.05) is 7.11 Å². The first-order chi connectivity index (χ1) is 15.4. The number of hydrogen-bond acceptors (Lipinski definition) is 5. The molecule has 0 saturated carbocycles. The fraction of sp³-hybridized carbons (Fsp3) is 0.292. The molecule has 0 aromatic heterocycles. The minimum atomic E-state index is -0.918. The molecule has 3 rings (SSSR count). The van der Waals surface area contributed by atoms with Crippen LogP contribution in [0.1, 0.15) is 23.1 Å². The first-order valence-corrected chi connectivity index (χ1v) is 10.9. The molecule has 8 heteroatoms. The summed E-state index contributed by atoms with van der Waals surface area (Å²) in [4.78, 5) is 39.7. The van der Waals surface area contributed by atoms with E-state index in [4.69, 9.17) is 9.47 Å². The van der Waals surface area contributed by atoms with Crippen molar-refractivity contribution in [2.45, 2.75) is 38.1 Å². The highest BCUT2D eigenvalue weighted by Gasteiger charge is 2.37. The van der Waals surface area contributed by atoms with Gasteiger partial charge in [0.25, 0.3) is 0 Å². The van der Waals surface area contributed by atoms with E-state index in [1.807, 2.05) is 54.6 Å². The number of hydrogen-bond donors (Lipinski definition) is 1. The lowest BCUT2D eigenvalue weighted by Crippen LogP contribution is -2.55. The summed E-state index contributed by atoms with van der Waals surface area (Å²) < 4.78 is 10.8. The predicted octanol–water partition coefficient (Wildman–Crippen LogP) is 3.71. The van der Waals surface area contributed by atoms with Gasteiger partial charge in [0.05, 0.1) is 13.7 Å². The topological polar surface area (TPSA) is 84.9 Å². The first-order valence-electron chi connectivity index (χ1n) is 10.1. The molecule has 2 aromatic carbocycles. The van der Waals surface area contributed by atoms with Gasteiger partial charge in [0, 0.05) is 12.8 Å². The summed E-state index contributed by atoms with van der Waals surface area (Å²) in [5.74, 6) is -1.05. The number of ether oxygens (including phenoxy) is 2. The van der Waals surface area contributed by atoms with Gasteiger partial charge in [0.1, 0.15) is 18.7 Å². The molecule has 1 aliphatic heterocycles. The molecule has 0 saturated heterocycles. The molecule has 0 unspecified atom stereocenters. The number of nitrogens with zero attached hydrogens (tertiary/aromatic N) is 1. The largest absolute Gasteiger partial charge is 0.467 e. The van der Waals surface area contributed by atoms with Crippen molar-refractivity contribution >= 4 is 33.9 Å². The predicted molar refractivity (Wildman–Crippen MR) is 123 cm³/mol. The smallest absolute Gasteiger partial charge is 0.411 e. The number of carbonyl (C=O) groups excluding carboxylic acids is 3. The third-order valence-corrected chi connectivity index (χ3v) is 5.54. The average Bonchev–Trinajstić information content (AvgIpc) is 2.81. The number of fused-ring (bicyclic) bond motifs is 1. The number of halogens is 1. The zero-order valence-corrected chi connectivity index (χ0v) is 19.3. The highest BCUT2D eigenvalue weighted by molar-refractivity contribution is 9.11. The lowest BCUT2D eigenvalue weighted by Gasteiger charge is -2.35. The van der Waals surface area contributed by atoms with Crippen LogP contribution in [0.5, 0.6) is 0 Å². The Morgan fingerprint density at radius 3 is 2.44 bits per heavy atom.